The van der Waals surface area contributed by atoms with Crippen molar-refractivity contribution in [1.82, 2.24) is 5.32 Å². The largest absolute Gasteiger partial charge is 0.491 e. The Morgan fingerprint density at radius 3 is 2.94 bits per heavy atom. The predicted molar refractivity (Wildman–Crippen MR) is 70.3 cm³/mol. The Bertz CT molecular complexity index is 443. The van der Waals surface area contributed by atoms with Gasteiger partial charge >= 0.3 is 0 Å². The molecular formula is C14H20N2O2. The van der Waals surface area contributed by atoms with Gasteiger partial charge in [0.25, 0.3) is 0 Å². The molecule has 0 spiro atoms. The molecule has 0 fully saturated rings. The number of hydrogen-bond donors (Lipinski definition) is 2. The van der Waals surface area contributed by atoms with Crippen LogP contribution in [-0.4, -0.2) is 19.1 Å². The van der Waals surface area contributed by atoms with Gasteiger partial charge in [0.15, 0.2) is 0 Å². The number of nitrogens with two attached hydrogens (primary N) is 1. The van der Waals surface area contributed by atoms with Crippen molar-refractivity contribution < 1.29 is 9.53 Å². The molecule has 18 heavy (non-hydrogen) atoms. The summed E-state index contributed by atoms with van der Waals surface area (Å²) in [4.78, 5) is 12.2. The summed E-state index contributed by atoms with van der Waals surface area (Å²) in [6.07, 6.45) is 0.675. The first kappa shape index (κ1) is 12.9. The monoisotopic (exact) mass is 248 g/mol. The van der Waals surface area contributed by atoms with E-state index in [1.54, 1.807) is 0 Å². The Balaban J connectivity index is 2.06. The third-order valence-electron chi connectivity index (χ3n) is 3.39. The van der Waals surface area contributed by atoms with Crippen LogP contribution in [0.25, 0.3) is 0 Å². The molecule has 1 heterocycles. The van der Waals surface area contributed by atoms with Crippen LogP contribution in [0.3, 0.4) is 0 Å². The third-order valence-corrected chi connectivity index (χ3v) is 3.39. The lowest BCUT2D eigenvalue weighted by Gasteiger charge is -2.24. The molecule has 1 aromatic rings. The predicted octanol–water partition coefficient (Wildman–Crippen LogP) is 1.61. The lowest BCUT2D eigenvalue weighted by Crippen LogP contribution is -2.40. The van der Waals surface area contributed by atoms with Crippen molar-refractivity contribution in [2.45, 2.75) is 26.3 Å². The highest BCUT2D eigenvalue weighted by Gasteiger charge is 2.31. The van der Waals surface area contributed by atoms with E-state index in [4.69, 9.17) is 10.5 Å². The lowest BCUT2D eigenvalue weighted by molar-refractivity contribution is -0.130. The van der Waals surface area contributed by atoms with E-state index in [0.29, 0.717) is 19.6 Å². The molecule has 0 aromatic heterocycles. The number of carbonyl (C=O) groups excluding carboxylic acids is 1. The number of rotatable bonds is 4. The van der Waals surface area contributed by atoms with Crippen molar-refractivity contribution in [2.75, 3.05) is 13.2 Å². The van der Waals surface area contributed by atoms with Crippen LogP contribution in [0.4, 0.5) is 0 Å². The van der Waals surface area contributed by atoms with E-state index in [1.165, 1.54) is 0 Å². The van der Waals surface area contributed by atoms with Crippen molar-refractivity contribution in [3.05, 3.63) is 29.8 Å². The summed E-state index contributed by atoms with van der Waals surface area (Å²) in [5, 5.41) is 3.04. The van der Waals surface area contributed by atoms with Crippen LogP contribution in [0.15, 0.2) is 24.3 Å². The van der Waals surface area contributed by atoms with Gasteiger partial charge in [-0.2, -0.15) is 0 Å². The van der Waals surface area contributed by atoms with E-state index in [2.05, 4.69) is 5.32 Å². The van der Waals surface area contributed by atoms with Crippen LogP contribution in [0.1, 0.15) is 31.9 Å². The molecule has 1 aromatic carbocycles. The first-order valence-corrected chi connectivity index (χ1v) is 6.27. The van der Waals surface area contributed by atoms with E-state index in [9.17, 15) is 4.79 Å². The summed E-state index contributed by atoms with van der Waals surface area (Å²) in [7, 11) is 0. The Kier molecular flexibility index (Phi) is 3.57. The van der Waals surface area contributed by atoms with Crippen molar-refractivity contribution >= 4 is 5.91 Å². The Hall–Kier alpha value is -1.55. The second-order valence-electron chi connectivity index (χ2n) is 5.30. The first-order chi connectivity index (χ1) is 8.54. The molecule has 0 saturated heterocycles. The van der Waals surface area contributed by atoms with E-state index >= 15 is 0 Å². The Morgan fingerprint density at radius 2 is 2.22 bits per heavy atom. The highest BCUT2D eigenvalue weighted by atomic mass is 16.5. The molecule has 4 heteroatoms. The molecule has 4 nitrogen and oxygen atoms in total. The van der Waals surface area contributed by atoms with Gasteiger partial charge in [-0.3, -0.25) is 4.79 Å². The quantitative estimate of drug-likeness (QED) is 0.851. The van der Waals surface area contributed by atoms with Gasteiger partial charge in [-0.1, -0.05) is 32.0 Å². The molecule has 1 amide bonds. The average molecular weight is 248 g/mol. The topological polar surface area (TPSA) is 64.4 Å². The van der Waals surface area contributed by atoms with Gasteiger partial charge in [-0.15, -0.1) is 0 Å². The van der Waals surface area contributed by atoms with Gasteiger partial charge in [0.1, 0.15) is 12.4 Å². The van der Waals surface area contributed by atoms with E-state index < -0.39 is 5.41 Å². The Morgan fingerprint density at radius 1 is 1.50 bits per heavy atom. The summed E-state index contributed by atoms with van der Waals surface area (Å²) in [6.45, 7) is 4.84. The van der Waals surface area contributed by atoms with Crippen molar-refractivity contribution in [1.29, 1.82) is 0 Å². The molecular weight excluding hydrogens is 228 g/mol. The molecule has 3 N–H and O–H groups in total. The van der Waals surface area contributed by atoms with Crippen LogP contribution in [0.2, 0.25) is 0 Å². The normalized spacial score (nSPS) is 18.1. The summed E-state index contributed by atoms with van der Waals surface area (Å²) < 4.78 is 5.55. The van der Waals surface area contributed by atoms with Crippen molar-refractivity contribution in [3.8, 4) is 5.75 Å². The molecule has 1 unspecified atom stereocenters. The van der Waals surface area contributed by atoms with Gasteiger partial charge in [0.2, 0.25) is 5.91 Å². The third kappa shape index (κ3) is 2.48. The minimum absolute atomic E-state index is 0.0262. The smallest absolute Gasteiger partial charge is 0.226 e. The van der Waals surface area contributed by atoms with E-state index in [0.717, 1.165) is 11.3 Å². The van der Waals surface area contributed by atoms with Crippen LogP contribution in [0.5, 0.6) is 5.75 Å². The maximum atomic E-state index is 12.2. The fourth-order valence-electron chi connectivity index (χ4n) is 2.11. The summed E-state index contributed by atoms with van der Waals surface area (Å²) in [5.74, 6) is 0.887. The van der Waals surface area contributed by atoms with Crippen molar-refractivity contribution in [2.24, 2.45) is 11.1 Å². The molecule has 1 aliphatic rings. The number of nitrogens with one attached hydrogen (secondary N) is 1. The number of benzene rings is 1. The van der Waals surface area contributed by atoms with Crippen LogP contribution in [-0.2, 0) is 4.79 Å². The number of fused-ring (bicyclic) bond motifs is 1. The SMILES string of the molecule is CC(C)(CCN)C(=O)NC1COc2ccccc21. The van der Waals surface area contributed by atoms with Gasteiger partial charge in [0, 0.05) is 11.0 Å². The van der Waals surface area contributed by atoms with Crippen molar-refractivity contribution in [3.63, 3.8) is 0 Å². The summed E-state index contributed by atoms with van der Waals surface area (Å²) in [5.41, 5.74) is 6.14. The zero-order valence-corrected chi connectivity index (χ0v) is 10.9. The molecule has 2 rings (SSSR count). The second kappa shape index (κ2) is 4.98. The summed E-state index contributed by atoms with van der Waals surface area (Å²) >= 11 is 0. The minimum Gasteiger partial charge on any atom is -0.491 e. The number of amides is 1. The van der Waals surface area contributed by atoms with Crippen LogP contribution in [0, 0.1) is 5.41 Å². The fraction of sp³-hybridized carbons (Fsp3) is 0.500. The zero-order valence-electron chi connectivity index (χ0n) is 10.9. The fourth-order valence-corrected chi connectivity index (χ4v) is 2.11. The highest BCUT2D eigenvalue weighted by Crippen LogP contribution is 2.32. The lowest BCUT2D eigenvalue weighted by atomic mass is 9.88. The molecule has 1 atom stereocenters. The second-order valence-corrected chi connectivity index (χ2v) is 5.30. The van der Waals surface area contributed by atoms with Gasteiger partial charge in [-0.05, 0) is 19.0 Å². The van der Waals surface area contributed by atoms with Gasteiger partial charge < -0.3 is 15.8 Å². The average Bonchev–Trinajstić information content (AvgIpc) is 2.73. The molecule has 0 aliphatic carbocycles. The first-order valence-electron chi connectivity index (χ1n) is 6.27. The maximum Gasteiger partial charge on any atom is 0.226 e. The number of carbonyl (C=O) groups is 1. The zero-order chi connectivity index (χ0) is 13.2. The molecule has 0 saturated carbocycles. The summed E-state index contributed by atoms with van der Waals surface area (Å²) in [6, 6.07) is 7.75. The van der Waals surface area contributed by atoms with Gasteiger partial charge in [-0.25, -0.2) is 0 Å². The highest BCUT2D eigenvalue weighted by molar-refractivity contribution is 5.82. The number of hydrogen-bond acceptors (Lipinski definition) is 3. The Labute approximate surface area is 108 Å². The van der Waals surface area contributed by atoms with Crippen LogP contribution < -0.4 is 15.8 Å². The number of para-hydroxylation sites is 1. The van der Waals surface area contributed by atoms with Crippen LogP contribution >= 0.6 is 0 Å². The number of ether oxygens (including phenoxy) is 1. The van der Waals surface area contributed by atoms with Gasteiger partial charge in [0.05, 0.1) is 6.04 Å². The molecule has 98 valence electrons. The van der Waals surface area contributed by atoms with E-state index in [-0.39, 0.29) is 11.9 Å². The molecule has 0 bridgehead atoms. The van der Waals surface area contributed by atoms with E-state index in [1.807, 2.05) is 38.1 Å². The molecule has 0 radical (unpaired) electrons. The standard InChI is InChI=1S/C14H20N2O2/c1-14(2,7-8-15)13(17)16-11-9-18-12-6-4-3-5-10(11)12/h3-6,11H,7-9,15H2,1-2H3,(H,16,17). The minimum atomic E-state index is -0.438. The maximum absolute atomic E-state index is 12.2. The molecule has 1 aliphatic heterocycles.